The van der Waals surface area contributed by atoms with Crippen LogP contribution in [0.3, 0.4) is 0 Å². The van der Waals surface area contributed by atoms with Gasteiger partial charge in [0.15, 0.2) is 5.11 Å². The van der Waals surface area contributed by atoms with Crippen molar-refractivity contribution < 1.29 is 14.3 Å². The number of hydrogen-bond donors (Lipinski definition) is 3. The second kappa shape index (κ2) is 10.8. The zero-order chi connectivity index (χ0) is 19.8. The number of nitrogens with one attached hydrogen (secondary N) is 3. The van der Waals surface area contributed by atoms with Crippen LogP contribution in [-0.4, -0.2) is 91.3 Å². The molecule has 3 N–H and O–H groups in total. The van der Waals surface area contributed by atoms with Crippen LogP contribution < -0.4 is 16.0 Å². The van der Waals surface area contributed by atoms with Gasteiger partial charge in [-0.3, -0.25) is 14.5 Å². The molecular weight excluding hydrogens is 366 g/mol. The van der Waals surface area contributed by atoms with Gasteiger partial charge in [-0.1, -0.05) is 0 Å². The van der Waals surface area contributed by atoms with Crippen molar-refractivity contribution in [2.24, 2.45) is 0 Å². The number of piperazine rings is 1. The Bertz CT molecular complexity index is 529. The first-order valence-electron chi connectivity index (χ1n) is 9.84. The third-order valence-electron chi connectivity index (χ3n) is 5.36. The number of thiocarbonyl (C=S) groups is 1. The molecule has 0 aromatic rings. The Kier molecular flexibility index (Phi) is 8.72. The summed E-state index contributed by atoms with van der Waals surface area (Å²) in [7, 11) is 1.65. The van der Waals surface area contributed by atoms with Gasteiger partial charge in [-0.2, -0.15) is 0 Å². The molecule has 0 saturated carbocycles. The zero-order valence-electron chi connectivity index (χ0n) is 16.6. The lowest BCUT2D eigenvalue weighted by Crippen LogP contribution is -2.58. The molecule has 0 unspecified atom stereocenters. The quantitative estimate of drug-likeness (QED) is 0.362. The lowest BCUT2D eigenvalue weighted by atomic mass is 10.0. The average Bonchev–Trinajstić information content (AvgIpc) is 3.07. The maximum Gasteiger partial charge on any atom is 0.237 e. The van der Waals surface area contributed by atoms with E-state index >= 15 is 0 Å². The van der Waals surface area contributed by atoms with Crippen LogP contribution in [0.2, 0.25) is 0 Å². The van der Waals surface area contributed by atoms with E-state index in [1.54, 1.807) is 7.11 Å². The zero-order valence-corrected chi connectivity index (χ0v) is 17.4. The fraction of sp³-hybridized carbons (Fsp3) is 0.833. The summed E-state index contributed by atoms with van der Waals surface area (Å²) in [5.41, 5.74) is 0. The standard InChI is InChI=1S/C18H33N5O3S/c1-4-22(5-2)16(24)7-6-14-11-20-17(25)15-10-13(12-23(14)15)21-18(27)19-8-9-26-3/h13-15H,4-12H2,1-3H3,(H,20,25)(H2,19,21,27)/t13-,14+,15-/m0/s1. The molecule has 0 aliphatic carbocycles. The predicted octanol–water partition coefficient (Wildman–Crippen LogP) is -0.313. The number of carbonyl (C=O) groups is 2. The van der Waals surface area contributed by atoms with Crippen LogP contribution in [0.15, 0.2) is 0 Å². The lowest BCUT2D eigenvalue weighted by Gasteiger charge is -2.37. The molecule has 2 rings (SSSR count). The Hall–Kier alpha value is -1.45. The molecule has 9 heteroatoms. The van der Waals surface area contributed by atoms with E-state index in [9.17, 15) is 9.59 Å². The lowest BCUT2D eigenvalue weighted by molar-refractivity contribution is -0.132. The largest absolute Gasteiger partial charge is 0.383 e. The Morgan fingerprint density at radius 3 is 2.81 bits per heavy atom. The van der Waals surface area contributed by atoms with Crippen molar-refractivity contribution in [3.05, 3.63) is 0 Å². The number of hydrogen-bond acceptors (Lipinski definition) is 5. The fourth-order valence-electron chi connectivity index (χ4n) is 3.88. The SMILES string of the molecule is CCN(CC)C(=O)CC[C@@H]1CNC(=O)[C@@H]2C[C@H](NC(=S)NCCOC)CN12. The van der Waals surface area contributed by atoms with Gasteiger partial charge in [0.2, 0.25) is 11.8 Å². The first-order chi connectivity index (χ1) is 13.0. The van der Waals surface area contributed by atoms with Crippen LogP contribution in [0, 0.1) is 0 Å². The Morgan fingerprint density at radius 1 is 1.41 bits per heavy atom. The molecule has 0 bridgehead atoms. The van der Waals surface area contributed by atoms with Crippen molar-refractivity contribution in [2.45, 2.75) is 51.2 Å². The van der Waals surface area contributed by atoms with Gasteiger partial charge >= 0.3 is 0 Å². The van der Waals surface area contributed by atoms with Gasteiger partial charge < -0.3 is 25.6 Å². The molecule has 3 atom stereocenters. The minimum absolute atomic E-state index is 0.0730. The predicted molar refractivity (Wildman–Crippen MR) is 108 cm³/mol. The van der Waals surface area contributed by atoms with Crippen LogP contribution in [0.1, 0.15) is 33.1 Å². The second-order valence-corrected chi connectivity index (χ2v) is 7.45. The van der Waals surface area contributed by atoms with Crippen LogP contribution >= 0.6 is 12.2 Å². The van der Waals surface area contributed by atoms with Gasteiger partial charge in [0.25, 0.3) is 0 Å². The average molecular weight is 400 g/mol. The van der Waals surface area contributed by atoms with Crippen molar-refractivity contribution in [1.29, 1.82) is 0 Å². The van der Waals surface area contributed by atoms with Crippen LogP contribution in [0.25, 0.3) is 0 Å². The van der Waals surface area contributed by atoms with E-state index in [1.807, 2.05) is 18.7 Å². The van der Waals surface area contributed by atoms with Gasteiger partial charge in [0.1, 0.15) is 0 Å². The van der Waals surface area contributed by atoms with E-state index in [0.29, 0.717) is 31.2 Å². The van der Waals surface area contributed by atoms with E-state index in [4.69, 9.17) is 17.0 Å². The highest BCUT2D eigenvalue weighted by Gasteiger charge is 2.43. The third-order valence-corrected chi connectivity index (χ3v) is 5.62. The summed E-state index contributed by atoms with van der Waals surface area (Å²) in [5, 5.41) is 10.0. The van der Waals surface area contributed by atoms with Gasteiger partial charge in [-0.15, -0.1) is 0 Å². The number of ether oxygens (including phenoxy) is 1. The highest BCUT2D eigenvalue weighted by atomic mass is 32.1. The third kappa shape index (κ3) is 6.02. The molecule has 2 aliphatic heterocycles. The monoisotopic (exact) mass is 399 g/mol. The highest BCUT2D eigenvalue weighted by Crippen LogP contribution is 2.26. The normalized spacial score (nSPS) is 24.9. The number of amides is 2. The Labute approximate surface area is 167 Å². The summed E-state index contributed by atoms with van der Waals surface area (Å²) in [5.74, 6) is 0.259. The summed E-state index contributed by atoms with van der Waals surface area (Å²) in [6.45, 7) is 8.08. The molecule has 2 saturated heterocycles. The van der Waals surface area contributed by atoms with E-state index in [0.717, 1.165) is 32.5 Å². The van der Waals surface area contributed by atoms with E-state index < -0.39 is 0 Å². The van der Waals surface area contributed by atoms with Crippen molar-refractivity contribution >= 4 is 29.1 Å². The minimum Gasteiger partial charge on any atom is -0.383 e. The Balaban J connectivity index is 1.87. The fourth-order valence-corrected chi connectivity index (χ4v) is 4.14. The van der Waals surface area contributed by atoms with E-state index in [1.165, 1.54) is 0 Å². The molecule has 2 heterocycles. The summed E-state index contributed by atoms with van der Waals surface area (Å²) < 4.78 is 5.00. The molecule has 2 amide bonds. The second-order valence-electron chi connectivity index (χ2n) is 7.04. The summed E-state index contributed by atoms with van der Waals surface area (Å²) >= 11 is 5.32. The summed E-state index contributed by atoms with van der Waals surface area (Å²) in [6.07, 6.45) is 1.99. The van der Waals surface area contributed by atoms with Crippen molar-refractivity contribution in [3.63, 3.8) is 0 Å². The molecule has 0 radical (unpaired) electrons. The number of nitrogens with zero attached hydrogens (tertiary/aromatic N) is 2. The molecular formula is C18H33N5O3S. The van der Waals surface area contributed by atoms with Crippen LogP contribution in [0.5, 0.6) is 0 Å². The molecule has 154 valence electrons. The molecule has 0 aromatic carbocycles. The van der Waals surface area contributed by atoms with E-state index in [2.05, 4.69) is 20.9 Å². The number of rotatable bonds is 9. The molecule has 0 spiro atoms. The highest BCUT2D eigenvalue weighted by molar-refractivity contribution is 7.80. The maximum atomic E-state index is 12.3. The van der Waals surface area contributed by atoms with Crippen molar-refractivity contribution in [2.75, 3.05) is 46.4 Å². The van der Waals surface area contributed by atoms with Crippen LogP contribution in [-0.2, 0) is 14.3 Å². The molecule has 2 fully saturated rings. The molecule has 2 aliphatic rings. The maximum absolute atomic E-state index is 12.3. The molecule has 8 nitrogen and oxygen atoms in total. The molecule has 0 aromatic heterocycles. The number of fused-ring (bicyclic) bond motifs is 1. The van der Waals surface area contributed by atoms with Gasteiger partial charge in [0.05, 0.1) is 12.6 Å². The number of methoxy groups -OCH3 is 1. The first-order valence-corrected chi connectivity index (χ1v) is 10.2. The topological polar surface area (TPSA) is 85.9 Å². The Morgan fingerprint density at radius 2 is 2.15 bits per heavy atom. The van der Waals surface area contributed by atoms with Crippen LogP contribution in [0.4, 0.5) is 0 Å². The van der Waals surface area contributed by atoms with Gasteiger partial charge in [0, 0.05) is 58.3 Å². The smallest absolute Gasteiger partial charge is 0.237 e. The van der Waals surface area contributed by atoms with E-state index in [-0.39, 0.29) is 29.9 Å². The van der Waals surface area contributed by atoms with Gasteiger partial charge in [-0.05, 0) is 38.9 Å². The molecule has 27 heavy (non-hydrogen) atoms. The first kappa shape index (κ1) is 21.8. The van der Waals surface area contributed by atoms with Gasteiger partial charge in [-0.25, -0.2) is 0 Å². The minimum atomic E-state index is -0.147. The number of carbonyl (C=O) groups excluding carboxylic acids is 2. The van der Waals surface area contributed by atoms with Crippen molar-refractivity contribution in [3.8, 4) is 0 Å². The summed E-state index contributed by atoms with van der Waals surface area (Å²) in [6, 6.07) is 0.169. The van der Waals surface area contributed by atoms with Crippen molar-refractivity contribution in [1.82, 2.24) is 25.8 Å². The summed E-state index contributed by atoms with van der Waals surface area (Å²) in [4.78, 5) is 28.7.